The molecule has 0 radical (unpaired) electrons. The number of hydrogen-bond acceptors (Lipinski definition) is 5. The highest BCUT2D eigenvalue weighted by atomic mass is 32.1. The van der Waals surface area contributed by atoms with E-state index in [-0.39, 0.29) is 23.0 Å². The second-order valence-corrected chi connectivity index (χ2v) is 7.20. The number of amides is 2. The van der Waals surface area contributed by atoms with Crippen LogP contribution in [0.25, 0.3) is 0 Å². The van der Waals surface area contributed by atoms with Crippen molar-refractivity contribution < 1.29 is 19.1 Å². The van der Waals surface area contributed by atoms with E-state index in [4.69, 9.17) is 21.7 Å². The van der Waals surface area contributed by atoms with Gasteiger partial charge in [-0.3, -0.25) is 14.9 Å². The highest BCUT2D eigenvalue weighted by molar-refractivity contribution is 7.80. The first-order valence-electron chi connectivity index (χ1n) is 9.90. The van der Waals surface area contributed by atoms with Gasteiger partial charge in [0.05, 0.1) is 12.7 Å². The highest BCUT2D eigenvalue weighted by Crippen LogP contribution is 2.15. The van der Waals surface area contributed by atoms with Gasteiger partial charge >= 0.3 is 0 Å². The topological polar surface area (TPSA) is 88.7 Å². The Kier molecular flexibility index (Phi) is 7.75. The van der Waals surface area contributed by atoms with E-state index in [0.717, 1.165) is 19.4 Å². The number of anilines is 1. The van der Waals surface area contributed by atoms with E-state index in [9.17, 15) is 9.59 Å². The zero-order valence-electron chi connectivity index (χ0n) is 16.8. The molecule has 0 aromatic heterocycles. The van der Waals surface area contributed by atoms with Gasteiger partial charge in [0.1, 0.15) is 5.75 Å². The molecule has 0 aliphatic carbocycles. The number of rotatable bonds is 7. The predicted octanol–water partition coefficient (Wildman–Crippen LogP) is 3.12. The van der Waals surface area contributed by atoms with Crippen molar-refractivity contribution in [1.82, 2.24) is 10.6 Å². The highest BCUT2D eigenvalue weighted by Gasteiger charge is 2.17. The number of benzene rings is 2. The van der Waals surface area contributed by atoms with Gasteiger partial charge in [-0.1, -0.05) is 12.1 Å². The van der Waals surface area contributed by atoms with Crippen molar-refractivity contribution in [2.24, 2.45) is 0 Å². The molecule has 3 N–H and O–H groups in total. The van der Waals surface area contributed by atoms with Crippen molar-refractivity contribution in [2.45, 2.75) is 25.9 Å². The summed E-state index contributed by atoms with van der Waals surface area (Å²) in [7, 11) is 0. The SMILES string of the molecule is CCOc1cccc(C(=O)NC(=S)Nc2cccc(C(=O)NCC3CCCO3)c2)c1. The maximum Gasteiger partial charge on any atom is 0.257 e. The molecule has 2 amide bonds. The molecule has 1 heterocycles. The summed E-state index contributed by atoms with van der Waals surface area (Å²) in [5.74, 6) is 0.0853. The molecule has 158 valence electrons. The Labute approximate surface area is 181 Å². The van der Waals surface area contributed by atoms with Crippen molar-refractivity contribution in [3.05, 3.63) is 59.7 Å². The van der Waals surface area contributed by atoms with Gasteiger partial charge in [-0.2, -0.15) is 0 Å². The number of thiocarbonyl (C=S) groups is 1. The minimum Gasteiger partial charge on any atom is -0.494 e. The summed E-state index contributed by atoms with van der Waals surface area (Å²) < 4.78 is 10.9. The summed E-state index contributed by atoms with van der Waals surface area (Å²) in [6.45, 7) is 3.64. The quantitative estimate of drug-likeness (QED) is 0.589. The first-order chi connectivity index (χ1) is 14.5. The van der Waals surface area contributed by atoms with Crippen molar-refractivity contribution >= 4 is 34.8 Å². The van der Waals surface area contributed by atoms with Crippen molar-refractivity contribution in [3.63, 3.8) is 0 Å². The lowest BCUT2D eigenvalue weighted by molar-refractivity contribution is 0.0857. The van der Waals surface area contributed by atoms with E-state index < -0.39 is 0 Å². The molecule has 0 spiro atoms. The average Bonchev–Trinajstić information content (AvgIpc) is 3.26. The smallest absolute Gasteiger partial charge is 0.257 e. The van der Waals surface area contributed by atoms with Crippen molar-refractivity contribution in [1.29, 1.82) is 0 Å². The van der Waals surface area contributed by atoms with Crippen LogP contribution in [-0.4, -0.2) is 42.8 Å². The van der Waals surface area contributed by atoms with E-state index >= 15 is 0 Å². The molecule has 1 fully saturated rings. The molecule has 0 saturated carbocycles. The van der Waals surface area contributed by atoms with E-state index in [0.29, 0.717) is 35.7 Å². The zero-order valence-corrected chi connectivity index (χ0v) is 17.6. The largest absolute Gasteiger partial charge is 0.494 e. The second-order valence-electron chi connectivity index (χ2n) is 6.79. The fourth-order valence-electron chi connectivity index (χ4n) is 3.08. The number of hydrogen-bond donors (Lipinski definition) is 3. The van der Waals surface area contributed by atoms with Crippen LogP contribution in [-0.2, 0) is 4.74 Å². The molecular formula is C22H25N3O4S. The maximum atomic E-state index is 12.4. The minimum absolute atomic E-state index is 0.0827. The number of carbonyl (C=O) groups is 2. The predicted molar refractivity (Wildman–Crippen MR) is 119 cm³/mol. The Hall–Kier alpha value is -2.97. The summed E-state index contributed by atoms with van der Waals surface area (Å²) in [5.41, 5.74) is 1.54. The summed E-state index contributed by atoms with van der Waals surface area (Å²) in [4.78, 5) is 24.8. The van der Waals surface area contributed by atoms with Gasteiger partial charge in [-0.05, 0) is 68.4 Å². The molecule has 1 saturated heterocycles. The molecule has 3 rings (SSSR count). The van der Waals surface area contributed by atoms with Gasteiger partial charge in [-0.25, -0.2) is 0 Å². The third-order valence-corrected chi connectivity index (χ3v) is 4.74. The first kappa shape index (κ1) is 21.7. The molecule has 1 unspecified atom stereocenters. The van der Waals surface area contributed by atoms with Crippen LogP contribution in [0, 0.1) is 0 Å². The molecular weight excluding hydrogens is 402 g/mol. The van der Waals surface area contributed by atoms with Gasteiger partial charge in [0, 0.05) is 30.0 Å². The van der Waals surface area contributed by atoms with Crippen LogP contribution in [0.5, 0.6) is 5.75 Å². The van der Waals surface area contributed by atoms with Gasteiger partial charge in [0.15, 0.2) is 5.11 Å². The standard InChI is InChI=1S/C22H25N3O4S/c1-2-28-18-9-4-7-16(13-18)21(27)25-22(30)24-17-8-3-6-15(12-17)20(26)23-14-19-10-5-11-29-19/h3-4,6-9,12-13,19H,2,5,10-11,14H2,1H3,(H,23,26)(H2,24,25,27,30). The van der Waals surface area contributed by atoms with E-state index in [1.54, 1.807) is 48.5 Å². The fourth-order valence-corrected chi connectivity index (χ4v) is 3.29. The Balaban J connectivity index is 1.54. The average molecular weight is 428 g/mol. The van der Waals surface area contributed by atoms with E-state index in [2.05, 4.69) is 16.0 Å². The van der Waals surface area contributed by atoms with Crippen LogP contribution in [0.1, 0.15) is 40.5 Å². The number of ether oxygens (including phenoxy) is 2. The van der Waals surface area contributed by atoms with Crippen LogP contribution >= 0.6 is 12.2 Å². The van der Waals surface area contributed by atoms with Gasteiger partial charge < -0.3 is 20.1 Å². The summed E-state index contributed by atoms with van der Waals surface area (Å²) in [6, 6.07) is 13.8. The summed E-state index contributed by atoms with van der Waals surface area (Å²) in [6.07, 6.45) is 2.07. The second kappa shape index (κ2) is 10.7. The van der Waals surface area contributed by atoms with Crippen LogP contribution in [0.4, 0.5) is 5.69 Å². The number of carbonyl (C=O) groups excluding carboxylic acids is 2. The molecule has 8 heteroatoms. The number of nitrogens with one attached hydrogen (secondary N) is 3. The molecule has 1 atom stereocenters. The van der Waals surface area contributed by atoms with Gasteiger partial charge in [0.25, 0.3) is 11.8 Å². The fraction of sp³-hybridized carbons (Fsp3) is 0.318. The summed E-state index contributed by atoms with van der Waals surface area (Å²) >= 11 is 5.24. The van der Waals surface area contributed by atoms with E-state index in [1.807, 2.05) is 6.92 Å². The third-order valence-electron chi connectivity index (χ3n) is 4.53. The summed E-state index contributed by atoms with van der Waals surface area (Å²) in [5, 5.41) is 8.59. The molecule has 1 aliphatic rings. The third kappa shape index (κ3) is 6.27. The maximum absolute atomic E-state index is 12.4. The minimum atomic E-state index is -0.348. The molecule has 7 nitrogen and oxygen atoms in total. The normalized spacial score (nSPS) is 15.3. The lowest BCUT2D eigenvalue weighted by Gasteiger charge is -2.13. The Bertz CT molecular complexity index is 913. The van der Waals surface area contributed by atoms with Crippen LogP contribution in [0.15, 0.2) is 48.5 Å². The first-order valence-corrected chi connectivity index (χ1v) is 10.3. The van der Waals surface area contributed by atoms with Gasteiger partial charge in [0.2, 0.25) is 0 Å². The van der Waals surface area contributed by atoms with Crippen LogP contribution in [0.2, 0.25) is 0 Å². The molecule has 2 aromatic rings. The Morgan fingerprint density at radius 2 is 1.90 bits per heavy atom. The monoisotopic (exact) mass is 427 g/mol. The van der Waals surface area contributed by atoms with Gasteiger partial charge in [-0.15, -0.1) is 0 Å². The molecule has 30 heavy (non-hydrogen) atoms. The molecule has 2 aromatic carbocycles. The zero-order chi connectivity index (χ0) is 21.3. The molecule has 0 bridgehead atoms. The van der Waals surface area contributed by atoms with E-state index in [1.165, 1.54) is 0 Å². The Morgan fingerprint density at radius 1 is 1.13 bits per heavy atom. The van der Waals surface area contributed by atoms with Crippen molar-refractivity contribution in [3.8, 4) is 5.75 Å². The molecule has 1 aliphatic heterocycles. The Morgan fingerprint density at radius 3 is 2.63 bits per heavy atom. The van der Waals surface area contributed by atoms with Crippen molar-refractivity contribution in [2.75, 3.05) is 25.1 Å². The van der Waals surface area contributed by atoms with Crippen LogP contribution in [0.3, 0.4) is 0 Å². The lowest BCUT2D eigenvalue weighted by atomic mass is 10.1. The lowest BCUT2D eigenvalue weighted by Crippen LogP contribution is -2.34. The van der Waals surface area contributed by atoms with Crippen LogP contribution < -0.4 is 20.7 Å².